The highest BCUT2D eigenvalue weighted by Crippen LogP contribution is 2.27. The molecule has 7 nitrogen and oxygen atoms in total. The predicted octanol–water partition coefficient (Wildman–Crippen LogP) is 3.18. The van der Waals surface area contributed by atoms with Gasteiger partial charge in [0.25, 0.3) is 5.56 Å². The second-order valence-corrected chi connectivity index (χ2v) is 8.07. The van der Waals surface area contributed by atoms with E-state index in [-0.39, 0.29) is 5.56 Å². The van der Waals surface area contributed by atoms with Crippen LogP contribution in [-0.2, 0) is 5.75 Å². The van der Waals surface area contributed by atoms with Crippen molar-refractivity contribution in [3.05, 3.63) is 56.4 Å². The number of aromatic amines is 1. The number of benzene rings is 1. The van der Waals surface area contributed by atoms with Crippen molar-refractivity contribution >= 4 is 33.3 Å². The van der Waals surface area contributed by atoms with Crippen LogP contribution in [0.15, 0.2) is 34.2 Å². The molecule has 0 saturated carbocycles. The smallest absolute Gasteiger partial charge is 0.259 e. The monoisotopic (exact) mass is 384 g/mol. The van der Waals surface area contributed by atoms with Crippen molar-refractivity contribution < 1.29 is 0 Å². The highest BCUT2D eigenvalue weighted by Gasteiger charge is 2.14. The number of fused-ring (bicyclic) bond motifs is 1. The van der Waals surface area contributed by atoms with E-state index in [2.05, 4.69) is 25.5 Å². The largest absolute Gasteiger partial charge is 0.309 e. The Morgan fingerprint density at radius 2 is 2.04 bits per heavy atom. The Morgan fingerprint density at radius 3 is 2.85 bits per heavy atom. The molecule has 1 N–H and O–H groups in total. The van der Waals surface area contributed by atoms with Gasteiger partial charge in [-0.1, -0.05) is 30.0 Å². The van der Waals surface area contributed by atoms with Crippen molar-refractivity contribution in [3.63, 3.8) is 0 Å². The van der Waals surface area contributed by atoms with Crippen LogP contribution in [0.1, 0.15) is 21.8 Å². The van der Waals surface area contributed by atoms with Gasteiger partial charge in [0.05, 0.1) is 16.8 Å². The third-order valence-corrected chi connectivity index (χ3v) is 6.24. The molecule has 0 radical (unpaired) electrons. The van der Waals surface area contributed by atoms with Gasteiger partial charge in [0.15, 0.2) is 0 Å². The van der Waals surface area contributed by atoms with Crippen LogP contribution >= 0.6 is 23.1 Å². The number of para-hydroxylation sites is 1. The van der Waals surface area contributed by atoms with Gasteiger partial charge in [-0.3, -0.25) is 4.79 Å². The number of aryl methyl sites for hydroxylation is 3. The summed E-state index contributed by atoms with van der Waals surface area (Å²) >= 11 is 2.98. The summed E-state index contributed by atoms with van der Waals surface area (Å²) in [5.74, 6) is 1.10. The zero-order valence-corrected chi connectivity index (χ0v) is 16.1. The summed E-state index contributed by atoms with van der Waals surface area (Å²) in [6, 6.07) is 7.91. The average Bonchev–Trinajstić information content (AvgIpc) is 3.18. The van der Waals surface area contributed by atoms with Crippen LogP contribution in [0.4, 0.5) is 0 Å². The highest BCUT2D eigenvalue weighted by atomic mass is 32.2. The molecule has 0 spiro atoms. The van der Waals surface area contributed by atoms with Crippen molar-refractivity contribution in [2.45, 2.75) is 31.7 Å². The van der Waals surface area contributed by atoms with Gasteiger partial charge in [0.1, 0.15) is 10.7 Å². The topological polar surface area (TPSA) is 89.3 Å². The normalized spacial score (nSPS) is 11.3. The lowest BCUT2D eigenvalue weighted by Crippen LogP contribution is -2.11. The molecule has 0 amide bonds. The van der Waals surface area contributed by atoms with Crippen molar-refractivity contribution in [2.24, 2.45) is 0 Å². The van der Waals surface area contributed by atoms with E-state index >= 15 is 0 Å². The molecule has 0 aliphatic carbocycles. The van der Waals surface area contributed by atoms with Gasteiger partial charge in [-0.25, -0.2) is 4.98 Å². The standard InChI is InChI=1S/C17H16N6OS2/c1-9-6-4-5-7-12(9)23-17(20-21-22-23)25-8-13-18-15(24)14-10(2)11(3)26-16(14)19-13/h4-7H,8H2,1-3H3,(H,18,19,24). The van der Waals surface area contributed by atoms with E-state index in [4.69, 9.17) is 0 Å². The second kappa shape index (κ2) is 6.65. The molecule has 3 aromatic heterocycles. The molecular weight excluding hydrogens is 368 g/mol. The van der Waals surface area contributed by atoms with Gasteiger partial charge >= 0.3 is 0 Å². The summed E-state index contributed by atoms with van der Waals surface area (Å²) in [5, 5.41) is 13.3. The minimum Gasteiger partial charge on any atom is -0.309 e. The minimum atomic E-state index is -0.0917. The molecular formula is C17H16N6OS2. The van der Waals surface area contributed by atoms with Gasteiger partial charge in [-0.2, -0.15) is 4.68 Å². The Labute approximate surface area is 157 Å². The van der Waals surface area contributed by atoms with Crippen LogP contribution < -0.4 is 5.56 Å². The fraction of sp³-hybridized carbons (Fsp3) is 0.235. The predicted molar refractivity (Wildman–Crippen MR) is 103 cm³/mol. The highest BCUT2D eigenvalue weighted by molar-refractivity contribution is 7.98. The van der Waals surface area contributed by atoms with Gasteiger partial charge < -0.3 is 4.98 Å². The average molecular weight is 384 g/mol. The molecule has 9 heteroatoms. The molecule has 0 atom stereocenters. The lowest BCUT2D eigenvalue weighted by Gasteiger charge is -2.06. The number of hydrogen-bond acceptors (Lipinski definition) is 7. The first kappa shape index (κ1) is 16.9. The third-order valence-electron chi connectivity index (χ3n) is 4.21. The Kier molecular flexibility index (Phi) is 4.33. The zero-order valence-electron chi connectivity index (χ0n) is 14.5. The van der Waals surface area contributed by atoms with E-state index in [0.717, 1.165) is 26.5 Å². The van der Waals surface area contributed by atoms with Crippen LogP contribution in [0.5, 0.6) is 0 Å². The first-order valence-electron chi connectivity index (χ1n) is 8.00. The summed E-state index contributed by atoms with van der Waals surface area (Å²) in [6.07, 6.45) is 0. The molecule has 0 bridgehead atoms. The fourth-order valence-corrected chi connectivity index (χ4v) is 4.52. The lowest BCUT2D eigenvalue weighted by molar-refractivity contribution is 0.751. The van der Waals surface area contributed by atoms with Gasteiger partial charge in [-0.05, 0) is 48.4 Å². The summed E-state index contributed by atoms with van der Waals surface area (Å²) in [4.78, 5) is 21.8. The maximum Gasteiger partial charge on any atom is 0.259 e. The van der Waals surface area contributed by atoms with Crippen LogP contribution in [0.25, 0.3) is 15.9 Å². The Balaban J connectivity index is 1.63. The molecule has 4 aromatic rings. The van der Waals surface area contributed by atoms with E-state index in [0.29, 0.717) is 22.1 Å². The summed E-state index contributed by atoms with van der Waals surface area (Å²) < 4.78 is 1.70. The maximum atomic E-state index is 12.4. The van der Waals surface area contributed by atoms with Crippen molar-refractivity contribution in [2.75, 3.05) is 0 Å². The molecule has 0 aliphatic heterocycles. The van der Waals surface area contributed by atoms with Crippen molar-refractivity contribution in [3.8, 4) is 5.69 Å². The molecule has 0 unspecified atom stereocenters. The quantitative estimate of drug-likeness (QED) is 0.544. The molecule has 26 heavy (non-hydrogen) atoms. The van der Waals surface area contributed by atoms with E-state index < -0.39 is 0 Å². The molecule has 0 aliphatic rings. The number of nitrogens with zero attached hydrogens (tertiary/aromatic N) is 5. The minimum absolute atomic E-state index is 0.0917. The molecule has 0 fully saturated rings. The number of nitrogens with one attached hydrogen (secondary N) is 1. The van der Waals surface area contributed by atoms with E-state index in [1.165, 1.54) is 11.8 Å². The Hall–Kier alpha value is -2.52. The molecule has 0 saturated heterocycles. The Morgan fingerprint density at radius 1 is 1.23 bits per heavy atom. The van der Waals surface area contributed by atoms with Crippen LogP contribution in [-0.4, -0.2) is 30.2 Å². The zero-order chi connectivity index (χ0) is 18.3. The van der Waals surface area contributed by atoms with Crippen LogP contribution in [0.3, 0.4) is 0 Å². The number of aromatic nitrogens is 6. The van der Waals surface area contributed by atoms with Crippen LogP contribution in [0, 0.1) is 20.8 Å². The number of hydrogen-bond donors (Lipinski definition) is 1. The van der Waals surface area contributed by atoms with E-state index in [1.807, 2.05) is 45.0 Å². The maximum absolute atomic E-state index is 12.4. The first-order chi connectivity index (χ1) is 12.5. The SMILES string of the molecule is Cc1ccccc1-n1nnnc1SCc1nc2sc(C)c(C)c2c(=O)[nH]1. The van der Waals surface area contributed by atoms with Crippen molar-refractivity contribution in [1.29, 1.82) is 0 Å². The molecule has 4 rings (SSSR count). The molecule has 132 valence electrons. The van der Waals surface area contributed by atoms with Crippen LogP contribution in [0.2, 0.25) is 0 Å². The van der Waals surface area contributed by atoms with Gasteiger partial charge in [-0.15, -0.1) is 16.4 Å². The number of thioether (sulfide) groups is 1. The number of thiophene rings is 1. The first-order valence-corrected chi connectivity index (χ1v) is 9.81. The van der Waals surface area contributed by atoms with E-state index in [9.17, 15) is 4.79 Å². The number of rotatable bonds is 4. The summed E-state index contributed by atoms with van der Waals surface area (Å²) in [7, 11) is 0. The van der Waals surface area contributed by atoms with Gasteiger partial charge in [0, 0.05) is 4.88 Å². The summed E-state index contributed by atoms with van der Waals surface area (Å²) in [5.41, 5.74) is 2.92. The Bertz CT molecular complexity index is 1160. The fourth-order valence-electron chi connectivity index (χ4n) is 2.72. The van der Waals surface area contributed by atoms with Gasteiger partial charge in [0.2, 0.25) is 5.16 Å². The molecule has 3 heterocycles. The number of tetrazole rings is 1. The third kappa shape index (κ3) is 2.93. The molecule has 1 aromatic carbocycles. The van der Waals surface area contributed by atoms with Crippen molar-refractivity contribution in [1.82, 2.24) is 30.2 Å². The lowest BCUT2D eigenvalue weighted by atomic mass is 10.2. The summed E-state index contributed by atoms with van der Waals surface area (Å²) in [6.45, 7) is 5.97. The van der Waals surface area contributed by atoms with E-state index in [1.54, 1.807) is 16.0 Å². The number of H-pyrrole nitrogens is 1. The second-order valence-electron chi connectivity index (χ2n) is 5.92.